The number of benzene rings is 1. The third kappa shape index (κ3) is 1.82. The van der Waals surface area contributed by atoms with Gasteiger partial charge >= 0.3 is 5.97 Å². The summed E-state index contributed by atoms with van der Waals surface area (Å²) in [5.74, 6) is -1.67. The number of esters is 1. The van der Waals surface area contributed by atoms with Gasteiger partial charge in [0.2, 0.25) is 0 Å². The number of carbonyl (C=O) groups is 2. The molecule has 0 spiro atoms. The number of phenols is 1. The quantitative estimate of drug-likeness (QED) is 0.663. The zero-order valence-corrected chi connectivity index (χ0v) is 7.48. The second-order valence-corrected chi connectivity index (χ2v) is 2.59. The van der Waals surface area contributed by atoms with Gasteiger partial charge in [-0.3, -0.25) is 4.79 Å². The molecule has 0 saturated carbocycles. The second kappa shape index (κ2) is 3.78. The van der Waals surface area contributed by atoms with Gasteiger partial charge in [-0.2, -0.15) is 0 Å². The molecule has 14 heavy (non-hydrogen) atoms. The van der Waals surface area contributed by atoms with Crippen LogP contribution in [-0.4, -0.2) is 24.1 Å². The number of ether oxygens (including phenoxy) is 1. The molecular weight excluding hydrogens is 186 g/mol. The molecular formula is C9H9NO4. The molecule has 1 rings (SSSR count). The van der Waals surface area contributed by atoms with E-state index >= 15 is 0 Å². The van der Waals surface area contributed by atoms with E-state index in [9.17, 15) is 14.7 Å². The van der Waals surface area contributed by atoms with Crippen LogP contribution in [0.3, 0.4) is 0 Å². The summed E-state index contributed by atoms with van der Waals surface area (Å²) in [4.78, 5) is 21.7. The molecule has 0 heterocycles. The van der Waals surface area contributed by atoms with E-state index in [0.29, 0.717) is 0 Å². The van der Waals surface area contributed by atoms with Gasteiger partial charge in [-0.25, -0.2) is 4.79 Å². The fourth-order valence-corrected chi connectivity index (χ4v) is 0.985. The monoisotopic (exact) mass is 195 g/mol. The lowest BCUT2D eigenvalue weighted by atomic mass is 10.1. The van der Waals surface area contributed by atoms with E-state index in [1.807, 2.05) is 0 Å². The van der Waals surface area contributed by atoms with Gasteiger partial charge in [0.25, 0.3) is 5.91 Å². The first-order valence-corrected chi connectivity index (χ1v) is 3.77. The van der Waals surface area contributed by atoms with E-state index in [2.05, 4.69) is 4.74 Å². The van der Waals surface area contributed by atoms with Crippen LogP contribution in [-0.2, 0) is 4.74 Å². The van der Waals surface area contributed by atoms with E-state index < -0.39 is 11.9 Å². The number of amides is 1. The van der Waals surface area contributed by atoms with E-state index in [4.69, 9.17) is 5.73 Å². The Morgan fingerprint density at radius 3 is 2.50 bits per heavy atom. The summed E-state index contributed by atoms with van der Waals surface area (Å²) >= 11 is 0. The molecule has 1 aromatic carbocycles. The van der Waals surface area contributed by atoms with Crippen molar-refractivity contribution in [1.29, 1.82) is 0 Å². The van der Waals surface area contributed by atoms with E-state index in [0.717, 1.165) is 6.07 Å². The molecule has 0 unspecified atom stereocenters. The summed E-state index contributed by atoms with van der Waals surface area (Å²) in [6.07, 6.45) is 0. The van der Waals surface area contributed by atoms with E-state index in [-0.39, 0.29) is 16.9 Å². The van der Waals surface area contributed by atoms with Crippen LogP contribution < -0.4 is 5.73 Å². The number of rotatable bonds is 2. The SMILES string of the molecule is COC(=O)c1ccc(C(N)=O)c(O)c1. The lowest BCUT2D eigenvalue weighted by molar-refractivity contribution is 0.0600. The second-order valence-electron chi connectivity index (χ2n) is 2.59. The first-order valence-electron chi connectivity index (χ1n) is 3.77. The minimum absolute atomic E-state index is 0.0300. The van der Waals surface area contributed by atoms with Crippen molar-refractivity contribution in [2.24, 2.45) is 5.73 Å². The van der Waals surface area contributed by atoms with Gasteiger partial charge in [0.05, 0.1) is 18.2 Å². The predicted molar refractivity (Wildman–Crippen MR) is 48.0 cm³/mol. The van der Waals surface area contributed by atoms with Crippen LogP contribution in [0.25, 0.3) is 0 Å². The van der Waals surface area contributed by atoms with Crippen molar-refractivity contribution in [2.45, 2.75) is 0 Å². The van der Waals surface area contributed by atoms with Gasteiger partial charge in [-0.1, -0.05) is 0 Å². The molecule has 0 atom stereocenters. The Balaban J connectivity index is 3.12. The maximum Gasteiger partial charge on any atom is 0.337 e. The summed E-state index contributed by atoms with van der Waals surface area (Å²) in [5, 5.41) is 9.30. The first kappa shape index (κ1) is 10.0. The van der Waals surface area contributed by atoms with Gasteiger partial charge < -0.3 is 15.6 Å². The van der Waals surface area contributed by atoms with E-state index in [1.165, 1.54) is 19.2 Å². The van der Waals surface area contributed by atoms with Gasteiger partial charge in [0.15, 0.2) is 0 Å². The zero-order chi connectivity index (χ0) is 10.7. The van der Waals surface area contributed by atoms with Crippen LogP contribution >= 0.6 is 0 Å². The number of nitrogens with two attached hydrogens (primary N) is 1. The van der Waals surface area contributed by atoms with Crippen molar-refractivity contribution >= 4 is 11.9 Å². The van der Waals surface area contributed by atoms with E-state index in [1.54, 1.807) is 0 Å². The number of carbonyl (C=O) groups excluding carboxylic acids is 2. The summed E-state index contributed by atoms with van der Waals surface area (Å²) < 4.78 is 4.43. The average molecular weight is 195 g/mol. The zero-order valence-electron chi connectivity index (χ0n) is 7.48. The minimum Gasteiger partial charge on any atom is -0.507 e. The van der Waals surface area contributed by atoms with Gasteiger partial charge in [-0.15, -0.1) is 0 Å². The highest BCUT2D eigenvalue weighted by atomic mass is 16.5. The van der Waals surface area contributed by atoms with Crippen LogP contribution in [0.5, 0.6) is 5.75 Å². The molecule has 3 N–H and O–H groups in total. The summed E-state index contributed by atoms with van der Waals surface area (Å²) in [6.45, 7) is 0. The highest BCUT2D eigenvalue weighted by Gasteiger charge is 2.11. The van der Waals surface area contributed by atoms with Crippen LogP contribution in [0.15, 0.2) is 18.2 Å². The summed E-state index contributed by atoms with van der Waals surface area (Å²) in [5.41, 5.74) is 5.09. The average Bonchev–Trinajstić information content (AvgIpc) is 2.15. The van der Waals surface area contributed by atoms with Gasteiger partial charge in [-0.05, 0) is 18.2 Å². The number of aromatic hydroxyl groups is 1. The highest BCUT2D eigenvalue weighted by molar-refractivity contribution is 5.97. The minimum atomic E-state index is -0.751. The number of hydrogen-bond donors (Lipinski definition) is 2. The standard InChI is InChI=1S/C9H9NO4/c1-14-9(13)5-2-3-6(8(10)12)7(11)4-5/h2-4,11H,1H3,(H2,10,12). The Hall–Kier alpha value is -2.04. The molecule has 0 aliphatic carbocycles. The number of hydrogen-bond acceptors (Lipinski definition) is 4. The Bertz CT molecular complexity index is 386. The van der Waals surface area contributed by atoms with Crippen LogP contribution in [0.1, 0.15) is 20.7 Å². The molecule has 5 heteroatoms. The van der Waals surface area contributed by atoms with Crippen LogP contribution in [0, 0.1) is 0 Å². The van der Waals surface area contributed by atoms with Crippen molar-refractivity contribution in [2.75, 3.05) is 7.11 Å². The van der Waals surface area contributed by atoms with Crippen molar-refractivity contribution in [1.82, 2.24) is 0 Å². The van der Waals surface area contributed by atoms with Crippen LogP contribution in [0.2, 0.25) is 0 Å². The topological polar surface area (TPSA) is 89.6 Å². The highest BCUT2D eigenvalue weighted by Crippen LogP contribution is 2.18. The molecule has 0 radical (unpaired) electrons. The summed E-state index contributed by atoms with van der Waals surface area (Å²) in [6, 6.07) is 3.75. The Labute approximate surface area is 80.1 Å². The number of methoxy groups -OCH3 is 1. The fraction of sp³-hybridized carbons (Fsp3) is 0.111. The third-order valence-electron chi connectivity index (χ3n) is 1.68. The fourth-order valence-electron chi connectivity index (χ4n) is 0.985. The Morgan fingerprint density at radius 1 is 1.43 bits per heavy atom. The molecule has 0 aliphatic heterocycles. The van der Waals surface area contributed by atoms with Gasteiger partial charge in [0, 0.05) is 0 Å². The third-order valence-corrected chi connectivity index (χ3v) is 1.68. The maximum absolute atomic E-state index is 11.0. The molecule has 0 fully saturated rings. The van der Waals surface area contributed by atoms with Crippen molar-refractivity contribution in [3.8, 4) is 5.75 Å². The molecule has 0 aliphatic rings. The Kier molecular flexibility index (Phi) is 2.71. The molecule has 0 aromatic heterocycles. The molecule has 74 valence electrons. The van der Waals surface area contributed by atoms with Crippen molar-refractivity contribution in [3.05, 3.63) is 29.3 Å². The smallest absolute Gasteiger partial charge is 0.337 e. The normalized spacial score (nSPS) is 9.50. The maximum atomic E-state index is 11.0. The number of primary amides is 1. The summed E-state index contributed by atoms with van der Waals surface area (Å²) in [7, 11) is 1.22. The first-order chi connectivity index (χ1) is 6.56. The predicted octanol–water partition coefficient (Wildman–Crippen LogP) is 0.278. The largest absolute Gasteiger partial charge is 0.507 e. The van der Waals surface area contributed by atoms with Crippen LogP contribution in [0.4, 0.5) is 0 Å². The Morgan fingerprint density at radius 2 is 2.07 bits per heavy atom. The van der Waals surface area contributed by atoms with Gasteiger partial charge in [0.1, 0.15) is 5.75 Å². The molecule has 1 aromatic rings. The lowest BCUT2D eigenvalue weighted by Gasteiger charge is -2.02. The molecule has 0 bridgehead atoms. The lowest BCUT2D eigenvalue weighted by Crippen LogP contribution is -2.11. The molecule has 0 saturated heterocycles. The molecule has 5 nitrogen and oxygen atoms in total. The van der Waals surface area contributed by atoms with Crippen molar-refractivity contribution < 1.29 is 19.4 Å². The molecule has 1 amide bonds. The van der Waals surface area contributed by atoms with Crippen molar-refractivity contribution in [3.63, 3.8) is 0 Å².